The number of ether oxygens (including phenoxy) is 6. The fraction of sp³-hybridized carbons (Fsp3) is 0.537. The van der Waals surface area contributed by atoms with Gasteiger partial charge in [-0.1, -0.05) is 51.1 Å². The summed E-state index contributed by atoms with van der Waals surface area (Å²) >= 11 is 1.56. The molecule has 4 amide bonds. The molecule has 23 nitrogen and oxygen atoms in total. The van der Waals surface area contributed by atoms with Gasteiger partial charge in [-0.2, -0.15) is 8.61 Å². The molecule has 0 saturated carbocycles. The molecule has 5 N–H and O–H groups in total. The zero-order valence-electron chi connectivity index (χ0n) is 45.7. The van der Waals surface area contributed by atoms with E-state index in [1.54, 1.807) is 35.0 Å². The molecule has 7 rings (SSSR count). The van der Waals surface area contributed by atoms with Gasteiger partial charge in [0.2, 0.25) is 43.7 Å². The first-order valence-electron chi connectivity index (χ1n) is 26.7. The highest BCUT2D eigenvalue weighted by molar-refractivity contribution is 7.89. The predicted octanol–water partition coefficient (Wildman–Crippen LogP) is 2.77. The maximum atomic E-state index is 13.9. The molecule has 0 radical (unpaired) electrons. The number of sulfonamides is 2. The van der Waals surface area contributed by atoms with Crippen LogP contribution in [-0.2, 0) is 64.7 Å². The van der Waals surface area contributed by atoms with Crippen LogP contribution in [-0.4, -0.2) is 194 Å². The number of hydrogen-bond acceptors (Lipinski definition) is 18. The van der Waals surface area contributed by atoms with E-state index in [1.807, 2.05) is 52.0 Å². The Labute approximate surface area is 472 Å². The van der Waals surface area contributed by atoms with Crippen LogP contribution in [0.2, 0.25) is 0 Å². The number of aromatic nitrogens is 1. The number of aryl methyl sites for hydroxylation is 1. The number of amides is 4. The summed E-state index contributed by atoms with van der Waals surface area (Å²) in [7, 11) is -7.88. The van der Waals surface area contributed by atoms with Crippen LogP contribution < -0.4 is 30.7 Å². The summed E-state index contributed by atoms with van der Waals surface area (Å²) in [4.78, 5) is 59.6. The lowest BCUT2D eigenvalue weighted by atomic mass is 9.85. The lowest BCUT2D eigenvalue weighted by Gasteiger charge is -2.35. The van der Waals surface area contributed by atoms with Gasteiger partial charge < -0.3 is 59.7 Å². The molecule has 0 unspecified atom stereocenters. The summed E-state index contributed by atoms with van der Waals surface area (Å²) in [6.45, 7) is 10.4. The van der Waals surface area contributed by atoms with Crippen molar-refractivity contribution in [2.24, 2.45) is 5.41 Å². The van der Waals surface area contributed by atoms with Gasteiger partial charge in [0.15, 0.2) is 11.5 Å². The van der Waals surface area contributed by atoms with Gasteiger partial charge in [0.25, 0.3) is 0 Å². The van der Waals surface area contributed by atoms with Crippen LogP contribution >= 0.6 is 11.3 Å². The lowest BCUT2D eigenvalue weighted by Crippen LogP contribution is -2.58. The van der Waals surface area contributed by atoms with E-state index in [4.69, 9.17) is 28.4 Å². The van der Waals surface area contributed by atoms with E-state index in [2.05, 4.69) is 26.3 Å². The van der Waals surface area contributed by atoms with Gasteiger partial charge in [-0.05, 0) is 60.2 Å². The molecular weight excluding hydrogens is 1100 g/mol. The van der Waals surface area contributed by atoms with Crippen LogP contribution in [0.15, 0.2) is 82.0 Å². The van der Waals surface area contributed by atoms with E-state index in [0.717, 1.165) is 21.7 Å². The molecule has 438 valence electrons. The second-order valence-corrected chi connectivity index (χ2v) is 25.1. The van der Waals surface area contributed by atoms with Crippen LogP contribution in [0, 0.1) is 12.3 Å². The number of β-amino-alcohol motifs (C(OH)–C–C–N with tert-alkyl or cyclic N) is 1. The molecule has 3 aromatic carbocycles. The molecule has 0 bridgehead atoms. The van der Waals surface area contributed by atoms with Crippen LogP contribution in [0.3, 0.4) is 0 Å². The van der Waals surface area contributed by atoms with Gasteiger partial charge >= 0.3 is 0 Å². The van der Waals surface area contributed by atoms with Crippen molar-refractivity contribution in [2.45, 2.75) is 81.5 Å². The minimum Gasteiger partial charge on any atom is -0.486 e. The number of anilines is 1. The summed E-state index contributed by atoms with van der Waals surface area (Å²) < 4.78 is 90.3. The number of aliphatic hydroxyl groups is 1. The first kappa shape index (κ1) is 61.8. The molecular formula is C54H74N8O15S3. The van der Waals surface area contributed by atoms with Crippen molar-refractivity contribution in [3.63, 3.8) is 0 Å². The number of carbonyl (C=O) groups excluding carboxylic acids is 4. The summed E-state index contributed by atoms with van der Waals surface area (Å²) in [5, 5.41) is 22.1. The van der Waals surface area contributed by atoms with Crippen molar-refractivity contribution in [1.29, 1.82) is 0 Å². The fourth-order valence-electron chi connectivity index (χ4n) is 9.08. The van der Waals surface area contributed by atoms with Crippen LogP contribution in [0.1, 0.15) is 51.3 Å². The summed E-state index contributed by atoms with van der Waals surface area (Å²) in [5.74, 6) is -0.775. The molecule has 1 aromatic heterocycles. The number of likely N-dealkylation sites (tertiary alicyclic amines) is 1. The molecule has 4 aromatic rings. The molecule has 2 saturated heterocycles. The molecule has 4 heterocycles. The number of hydrogen-bond donors (Lipinski definition) is 5. The third-order valence-electron chi connectivity index (χ3n) is 13.3. The van der Waals surface area contributed by atoms with Crippen molar-refractivity contribution in [3.8, 4) is 21.9 Å². The van der Waals surface area contributed by atoms with Gasteiger partial charge in [0, 0.05) is 77.0 Å². The number of nitrogens with one attached hydrogen (secondary N) is 4. The molecule has 3 aliphatic rings. The van der Waals surface area contributed by atoms with Gasteiger partial charge in [-0.25, -0.2) is 21.8 Å². The van der Waals surface area contributed by atoms with Gasteiger partial charge in [0.05, 0.1) is 78.2 Å². The molecule has 80 heavy (non-hydrogen) atoms. The Kier molecular flexibility index (Phi) is 22.6. The quantitative estimate of drug-likeness (QED) is 0.0511. The van der Waals surface area contributed by atoms with E-state index < -0.39 is 61.4 Å². The fourth-order valence-corrected chi connectivity index (χ4v) is 12.9. The van der Waals surface area contributed by atoms with Crippen molar-refractivity contribution in [3.05, 3.63) is 83.5 Å². The van der Waals surface area contributed by atoms with Crippen molar-refractivity contribution >= 4 is 60.7 Å². The molecule has 0 aliphatic carbocycles. The molecule has 0 spiro atoms. The molecule has 3 aliphatic heterocycles. The number of thiazole rings is 1. The SMILES string of the molecule is Cc1ncsc1-c1ccc(CNC(=O)[C@@H]2C[C@@H](O)CN2C(=O)[C@@H](NC(=O)COCCOCCOCCOCCNC(=O)CCNc2cccc(S(=O)(=O)N3CCCN(S(=O)(=O)c4ccc5c(c4)OCCO5)CC3)c2)C(C)(C)C)cc1. The second kappa shape index (κ2) is 29.3. The van der Waals surface area contributed by atoms with E-state index >= 15 is 0 Å². The van der Waals surface area contributed by atoms with Crippen molar-refractivity contribution in [1.82, 2.24) is 34.4 Å². The minimum atomic E-state index is -3.96. The minimum absolute atomic E-state index is 0.0230. The third kappa shape index (κ3) is 17.4. The Morgan fingerprint density at radius 1 is 0.762 bits per heavy atom. The first-order valence-corrected chi connectivity index (χ1v) is 30.4. The standard InChI is InChI=1S/C54H74N8O15S3/c1-38-50(78-37-58-38)40-11-9-39(10-12-40)34-57-52(66)45-32-42(63)35-62(45)53(67)51(54(2,3)4)59-49(65)36-75-28-27-74-26-25-73-24-23-72-22-17-56-48(64)15-16-55-41-7-5-8-43(31-41)79(68,69)60-18-6-19-61(21-20-60)80(70,71)44-13-14-46-47(33-44)77-30-29-76-46/h5,7-14,31,33,37,42,45,51,55,63H,6,15-30,32,34-36H2,1-4H3,(H,56,64)(H,57,66)(H,59,65)/t42-,45+,51-/m1/s1. The Hall–Kier alpha value is -5.81. The van der Waals surface area contributed by atoms with E-state index in [9.17, 15) is 41.1 Å². The highest BCUT2D eigenvalue weighted by Gasteiger charge is 2.44. The lowest BCUT2D eigenvalue weighted by molar-refractivity contribution is -0.144. The highest BCUT2D eigenvalue weighted by Crippen LogP contribution is 2.34. The molecule has 2 fully saturated rings. The summed E-state index contributed by atoms with van der Waals surface area (Å²) in [6.07, 6.45) is -0.391. The van der Waals surface area contributed by atoms with Crippen molar-refractivity contribution < 1.29 is 69.5 Å². The number of benzene rings is 3. The maximum absolute atomic E-state index is 13.9. The number of nitrogens with zero attached hydrogens (tertiary/aromatic N) is 4. The largest absolute Gasteiger partial charge is 0.486 e. The van der Waals surface area contributed by atoms with E-state index in [-0.39, 0.29) is 121 Å². The number of rotatable bonds is 28. The van der Waals surface area contributed by atoms with Gasteiger partial charge in [-0.3, -0.25) is 19.2 Å². The van der Waals surface area contributed by atoms with Crippen LogP contribution in [0.4, 0.5) is 5.69 Å². The Morgan fingerprint density at radius 3 is 2.05 bits per heavy atom. The van der Waals surface area contributed by atoms with Gasteiger partial charge in [-0.15, -0.1) is 11.3 Å². The summed E-state index contributed by atoms with van der Waals surface area (Å²) in [5.41, 5.74) is 4.45. The number of carbonyl (C=O) groups is 4. The normalized spacial score (nSPS) is 17.6. The zero-order chi connectivity index (χ0) is 57.3. The average molecular weight is 1170 g/mol. The molecule has 3 atom stereocenters. The summed E-state index contributed by atoms with van der Waals surface area (Å²) in [6, 6.07) is 16.7. The predicted molar refractivity (Wildman–Crippen MR) is 297 cm³/mol. The maximum Gasteiger partial charge on any atom is 0.246 e. The second-order valence-electron chi connectivity index (χ2n) is 20.4. The van der Waals surface area contributed by atoms with Gasteiger partial charge in [0.1, 0.15) is 31.9 Å². The van der Waals surface area contributed by atoms with E-state index in [0.29, 0.717) is 50.0 Å². The van der Waals surface area contributed by atoms with Crippen LogP contribution in [0.25, 0.3) is 10.4 Å². The third-order valence-corrected chi connectivity index (χ3v) is 18.1. The van der Waals surface area contributed by atoms with Crippen LogP contribution in [0.5, 0.6) is 11.5 Å². The monoisotopic (exact) mass is 1170 g/mol. The number of fused-ring (bicyclic) bond motifs is 1. The highest BCUT2D eigenvalue weighted by atomic mass is 32.2. The Balaban J connectivity index is 0.698. The van der Waals surface area contributed by atoms with E-state index in [1.165, 1.54) is 37.8 Å². The smallest absolute Gasteiger partial charge is 0.246 e. The average Bonchev–Trinajstić information content (AvgIpc) is 3.96. The first-order chi connectivity index (χ1) is 38.3. The topological polar surface area (TPSA) is 283 Å². The van der Waals surface area contributed by atoms with Crippen molar-refractivity contribution in [2.75, 3.05) is 117 Å². The zero-order valence-corrected chi connectivity index (χ0v) is 48.1. The Bertz CT molecular complexity index is 2940. The molecule has 26 heteroatoms. The Morgan fingerprint density at radius 2 is 1.40 bits per heavy atom. The number of aliphatic hydroxyl groups excluding tert-OH is 1.